The third-order valence-electron chi connectivity index (χ3n) is 4.54. The average Bonchev–Trinajstić information content (AvgIpc) is 2.92. The van der Waals surface area contributed by atoms with Gasteiger partial charge in [0, 0.05) is 19.4 Å². The third kappa shape index (κ3) is 4.49. The number of aryl methyl sites for hydroxylation is 1. The molecule has 28 heavy (non-hydrogen) atoms. The quantitative estimate of drug-likeness (QED) is 0.678. The van der Waals surface area contributed by atoms with Crippen molar-refractivity contribution in [2.45, 2.75) is 38.6 Å². The summed E-state index contributed by atoms with van der Waals surface area (Å²) in [5.74, 6) is -0.288. The molecule has 2 N–H and O–H groups in total. The van der Waals surface area contributed by atoms with E-state index in [9.17, 15) is 22.0 Å². The zero-order valence-electron chi connectivity index (χ0n) is 15.1. The first-order valence-corrected chi connectivity index (χ1v) is 8.52. The Morgan fingerprint density at radius 3 is 2.64 bits per heavy atom. The van der Waals surface area contributed by atoms with Crippen LogP contribution in [-0.2, 0) is 10.9 Å². The Balaban J connectivity index is 1.66. The van der Waals surface area contributed by atoms with Crippen molar-refractivity contribution in [2.75, 3.05) is 24.3 Å². The Hall–Kier alpha value is -2.50. The average molecular weight is 406 g/mol. The zero-order chi connectivity index (χ0) is 20.5. The van der Waals surface area contributed by atoms with Crippen molar-refractivity contribution < 1.29 is 26.7 Å². The minimum Gasteiger partial charge on any atom is -0.372 e. The number of alkyl halides is 5. The van der Waals surface area contributed by atoms with Crippen LogP contribution in [0.2, 0.25) is 0 Å². The fourth-order valence-corrected chi connectivity index (χ4v) is 3.01. The molecule has 0 unspecified atom stereocenters. The number of hydrogen-bond donors (Lipinski definition) is 2. The summed E-state index contributed by atoms with van der Waals surface area (Å²) in [4.78, 5) is 7.58. The first-order chi connectivity index (χ1) is 13.2. The highest BCUT2D eigenvalue weighted by Crippen LogP contribution is 2.39. The van der Waals surface area contributed by atoms with Crippen LogP contribution in [0.4, 0.5) is 39.4 Å². The molecule has 7 nitrogen and oxygen atoms in total. The lowest BCUT2D eigenvalue weighted by Crippen LogP contribution is -2.30. The minimum atomic E-state index is -4.56. The first-order valence-electron chi connectivity index (χ1n) is 8.52. The molecule has 0 bridgehead atoms. The number of halogens is 5. The van der Waals surface area contributed by atoms with E-state index in [1.165, 1.54) is 7.05 Å². The molecule has 0 radical (unpaired) electrons. The van der Waals surface area contributed by atoms with E-state index >= 15 is 0 Å². The maximum Gasteiger partial charge on any atom is 0.421 e. The van der Waals surface area contributed by atoms with Gasteiger partial charge >= 0.3 is 12.8 Å². The number of aromatic nitrogens is 4. The van der Waals surface area contributed by atoms with Crippen LogP contribution in [0, 0.1) is 12.8 Å². The topological polar surface area (TPSA) is 76.9 Å². The standard InChI is InChI=1S/C16H19F5N6O/c1-8-12(6-27(26-8)10-3-9(4-10)7-28-14(17)18)24-15-23-5-11(16(19,20)21)13(22-2)25-15/h5-6,9-10,14H,3-4,7H2,1-2H3,(H2,22,23,24,25). The molecule has 3 rings (SSSR count). The fraction of sp³-hybridized carbons (Fsp3) is 0.562. The van der Waals surface area contributed by atoms with Crippen molar-refractivity contribution in [3.05, 3.63) is 23.7 Å². The van der Waals surface area contributed by atoms with Crippen molar-refractivity contribution in [1.29, 1.82) is 0 Å². The van der Waals surface area contributed by atoms with E-state index in [0.29, 0.717) is 30.4 Å². The predicted molar refractivity (Wildman–Crippen MR) is 90.5 cm³/mol. The van der Waals surface area contributed by atoms with Gasteiger partial charge in [-0.25, -0.2) is 4.98 Å². The summed E-state index contributed by atoms with van der Waals surface area (Å²) in [5.41, 5.74) is 0.204. The third-order valence-corrected chi connectivity index (χ3v) is 4.54. The molecule has 0 saturated heterocycles. The summed E-state index contributed by atoms with van der Waals surface area (Å²) in [7, 11) is 1.34. The predicted octanol–water partition coefficient (Wildman–Crippen LogP) is 3.98. The van der Waals surface area contributed by atoms with Gasteiger partial charge in [0.15, 0.2) is 0 Å². The first kappa shape index (κ1) is 20.2. The van der Waals surface area contributed by atoms with Gasteiger partial charge in [-0.15, -0.1) is 0 Å². The van der Waals surface area contributed by atoms with Crippen molar-refractivity contribution in [1.82, 2.24) is 19.7 Å². The number of nitrogens with one attached hydrogen (secondary N) is 2. The van der Waals surface area contributed by atoms with Crippen molar-refractivity contribution in [3.63, 3.8) is 0 Å². The van der Waals surface area contributed by atoms with Crippen LogP contribution in [0.3, 0.4) is 0 Å². The van der Waals surface area contributed by atoms with E-state index in [2.05, 4.69) is 30.4 Å². The monoisotopic (exact) mass is 406 g/mol. The molecule has 1 aliphatic rings. The summed E-state index contributed by atoms with van der Waals surface area (Å²) in [6.45, 7) is -1.03. The number of hydrogen-bond acceptors (Lipinski definition) is 6. The Bertz CT molecular complexity index is 818. The molecule has 0 spiro atoms. The summed E-state index contributed by atoms with van der Waals surface area (Å²) in [6.07, 6.45) is -0.834. The molecule has 12 heteroatoms. The molecule has 1 aliphatic carbocycles. The van der Waals surface area contributed by atoms with Gasteiger partial charge in [-0.3, -0.25) is 4.68 Å². The Morgan fingerprint density at radius 1 is 1.32 bits per heavy atom. The van der Waals surface area contributed by atoms with E-state index < -0.39 is 18.4 Å². The molecule has 1 saturated carbocycles. The van der Waals surface area contributed by atoms with Gasteiger partial charge in [0.2, 0.25) is 5.95 Å². The van der Waals surface area contributed by atoms with Crippen LogP contribution in [0.25, 0.3) is 0 Å². The summed E-state index contributed by atoms with van der Waals surface area (Å²) < 4.78 is 68.9. The maximum atomic E-state index is 12.9. The Labute approximate surface area is 157 Å². The highest BCUT2D eigenvalue weighted by Gasteiger charge is 2.35. The van der Waals surface area contributed by atoms with Gasteiger partial charge in [-0.1, -0.05) is 0 Å². The van der Waals surface area contributed by atoms with Crippen LogP contribution < -0.4 is 10.6 Å². The van der Waals surface area contributed by atoms with Gasteiger partial charge in [0.05, 0.1) is 24.0 Å². The molecular weight excluding hydrogens is 387 g/mol. The molecule has 2 heterocycles. The van der Waals surface area contributed by atoms with Crippen LogP contribution in [0.1, 0.15) is 30.1 Å². The van der Waals surface area contributed by atoms with Crippen molar-refractivity contribution in [2.24, 2.45) is 5.92 Å². The molecule has 0 amide bonds. The number of ether oxygens (including phenoxy) is 1. The lowest BCUT2D eigenvalue weighted by Gasteiger charge is -2.35. The van der Waals surface area contributed by atoms with E-state index in [1.54, 1.807) is 17.8 Å². The SMILES string of the molecule is CNc1nc(Nc2cn(C3CC(COC(F)F)C3)nc2C)ncc1C(F)(F)F. The Kier molecular flexibility index (Phi) is 5.68. The summed E-state index contributed by atoms with van der Waals surface area (Å²) >= 11 is 0. The highest BCUT2D eigenvalue weighted by atomic mass is 19.4. The summed E-state index contributed by atoms with van der Waals surface area (Å²) in [5, 5.41) is 9.65. The number of rotatable bonds is 7. The van der Waals surface area contributed by atoms with Crippen LogP contribution in [0.5, 0.6) is 0 Å². The minimum absolute atomic E-state index is 0.00295. The molecule has 0 aliphatic heterocycles. The second-order valence-electron chi connectivity index (χ2n) is 6.52. The fourth-order valence-electron chi connectivity index (χ4n) is 3.01. The molecule has 154 valence electrons. The zero-order valence-corrected chi connectivity index (χ0v) is 15.1. The van der Waals surface area contributed by atoms with E-state index in [0.717, 1.165) is 0 Å². The van der Waals surface area contributed by atoms with Crippen LogP contribution >= 0.6 is 0 Å². The molecule has 0 atom stereocenters. The molecule has 2 aromatic heterocycles. The highest BCUT2D eigenvalue weighted by molar-refractivity contribution is 5.57. The maximum absolute atomic E-state index is 12.9. The van der Waals surface area contributed by atoms with E-state index in [1.807, 2.05) is 0 Å². The molecular formula is C16H19F5N6O. The van der Waals surface area contributed by atoms with E-state index in [4.69, 9.17) is 0 Å². The van der Waals surface area contributed by atoms with Crippen molar-refractivity contribution in [3.8, 4) is 0 Å². The van der Waals surface area contributed by atoms with Gasteiger partial charge in [0.25, 0.3) is 0 Å². The smallest absolute Gasteiger partial charge is 0.372 e. The van der Waals surface area contributed by atoms with Gasteiger partial charge in [-0.05, 0) is 25.7 Å². The van der Waals surface area contributed by atoms with Gasteiger partial charge < -0.3 is 15.4 Å². The van der Waals surface area contributed by atoms with Crippen molar-refractivity contribution >= 4 is 17.5 Å². The summed E-state index contributed by atoms with van der Waals surface area (Å²) in [6, 6.07) is 0.0573. The normalized spacial score (nSPS) is 19.6. The molecule has 2 aromatic rings. The van der Waals surface area contributed by atoms with Gasteiger partial charge in [-0.2, -0.15) is 32.0 Å². The molecule has 1 fully saturated rings. The lowest BCUT2D eigenvalue weighted by molar-refractivity contribution is -0.146. The number of nitrogens with zero attached hydrogens (tertiary/aromatic N) is 4. The second kappa shape index (κ2) is 7.86. The Morgan fingerprint density at radius 2 is 2.04 bits per heavy atom. The van der Waals surface area contributed by atoms with Crippen LogP contribution in [-0.4, -0.2) is 40.0 Å². The molecule has 0 aromatic carbocycles. The van der Waals surface area contributed by atoms with Gasteiger partial charge in [0.1, 0.15) is 11.4 Å². The van der Waals surface area contributed by atoms with Crippen LogP contribution in [0.15, 0.2) is 12.4 Å². The largest absolute Gasteiger partial charge is 0.421 e. The number of anilines is 3. The second-order valence-corrected chi connectivity index (χ2v) is 6.52. The van der Waals surface area contributed by atoms with E-state index in [-0.39, 0.29) is 30.3 Å². The lowest BCUT2D eigenvalue weighted by atomic mass is 9.81.